The van der Waals surface area contributed by atoms with Gasteiger partial charge in [-0.25, -0.2) is 10.0 Å². The van der Waals surface area contributed by atoms with Gasteiger partial charge in [0.2, 0.25) is 5.82 Å². The number of nitrogens with zero attached hydrogens (tertiary/aromatic N) is 3. The van der Waals surface area contributed by atoms with Crippen LogP contribution in [-0.4, -0.2) is 40.3 Å². The first-order valence-corrected chi connectivity index (χ1v) is 4.30. The second-order valence-electron chi connectivity index (χ2n) is 3.18. The fraction of sp³-hybridized carbons (Fsp3) is 0.625. The third-order valence-corrected chi connectivity index (χ3v) is 1.80. The van der Waals surface area contributed by atoms with Gasteiger partial charge in [0.15, 0.2) is 0 Å². The Morgan fingerprint density at radius 1 is 1.57 bits per heavy atom. The minimum Gasteiger partial charge on any atom is -0.274 e. The second kappa shape index (κ2) is 4.19. The lowest BCUT2D eigenvalue weighted by Gasteiger charge is -2.10. The Morgan fingerprint density at radius 2 is 2.21 bits per heavy atom. The fourth-order valence-electron chi connectivity index (χ4n) is 0.852. The highest BCUT2D eigenvalue weighted by molar-refractivity contribution is 5.89. The van der Waals surface area contributed by atoms with Crippen molar-refractivity contribution in [2.45, 2.75) is 19.8 Å². The number of hydroxylamine groups is 2. The quantitative estimate of drug-likeness (QED) is 0.720. The number of nitrogens with one attached hydrogen (secondary N) is 1. The molecule has 1 aromatic heterocycles. The van der Waals surface area contributed by atoms with Crippen LogP contribution in [0.25, 0.3) is 0 Å². The molecule has 0 atom stereocenters. The number of aromatic nitrogens is 3. The van der Waals surface area contributed by atoms with Gasteiger partial charge in [0, 0.05) is 13.0 Å². The van der Waals surface area contributed by atoms with E-state index in [1.165, 1.54) is 14.2 Å². The molecule has 0 radical (unpaired) electrons. The number of hydrogen-bond donors (Lipinski definition) is 1. The molecule has 14 heavy (non-hydrogen) atoms. The maximum Gasteiger partial charge on any atom is 0.316 e. The molecule has 0 saturated carbocycles. The predicted octanol–water partition coefficient (Wildman–Crippen LogP) is 0.561. The van der Waals surface area contributed by atoms with Crippen LogP contribution in [-0.2, 0) is 4.84 Å². The summed E-state index contributed by atoms with van der Waals surface area (Å²) >= 11 is 0. The van der Waals surface area contributed by atoms with E-state index < -0.39 is 0 Å². The maximum atomic E-state index is 11.5. The number of aromatic amines is 1. The molecule has 0 spiro atoms. The molecule has 1 aromatic rings. The predicted molar refractivity (Wildman–Crippen MR) is 49.6 cm³/mol. The van der Waals surface area contributed by atoms with Gasteiger partial charge in [0.25, 0.3) is 0 Å². The van der Waals surface area contributed by atoms with Gasteiger partial charge in [0.1, 0.15) is 5.82 Å². The van der Waals surface area contributed by atoms with E-state index in [2.05, 4.69) is 15.2 Å². The molecule has 6 heteroatoms. The van der Waals surface area contributed by atoms with Gasteiger partial charge < -0.3 is 0 Å². The Hall–Kier alpha value is -1.43. The zero-order valence-electron chi connectivity index (χ0n) is 8.74. The zero-order chi connectivity index (χ0) is 10.7. The summed E-state index contributed by atoms with van der Waals surface area (Å²) in [6.45, 7) is 3.93. The number of rotatable bonds is 3. The molecule has 0 aliphatic carbocycles. The van der Waals surface area contributed by atoms with Gasteiger partial charge in [0.05, 0.1) is 7.11 Å². The SMILES string of the molecule is CON(C)C(=O)c1n[nH]c(C(C)C)n1. The normalized spacial score (nSPS) is 10.6. The van der Waals surface area contributed by atoms with Crippen molar-refractivity contribution < 1.29 is 9.63 Å². The van der Waals surface area contributed by atoms with Gasteiger partial charge >= 0.3 is 5.91 Å². The van der Waals surface area contributed by atoms with E-state index in [1.807, 2.05) is 13.8 Å². The van der Waals surface area contributed by atoms with E-state index in [9.17, 15) is 4.79 Å². The standard InChI is InChI=1S/C8H14N4O2/c1-5(2)6-9-7(11-10-6)8(13)12(3)14-4/h5H,1-4H3,(H,9,10,11). The highest BCUT2D eigenvalue weighted by atomic mass is 16.7. The molecular formula is C8H14N4O2. The van der Waals surface area contributed by atoms with Crippen molar-refractivity contribution in [1.82, 2.24) is 20.2 Å². The Bertz CT molecular complexity index is 321. The van der Waals surface area contributed by atoms with Crippen LogP contribution in [0.5, 0.6) is 0 Å². The van der Waals surface area contributed by atoms with E-state index in [1.54, 1.807) is 0 Å². The van der Waals surface area contributed by atoms with Crippen molar-refractivity contribution in [2.75, 3.05) is 14.2 Å². The Morgan fingerprint density at radius 3 is 2.64 bits per heavy atom. The van der Waals surface area contributed by atoms with Gasteiger partial charge in [-0.05, 0) is 0 Å². The molecule has 0 aliphatic heterocycles. The van der Waals surface area contributed by atoms with Crippen molar-refractivity contribution >= 4 is 5.91 Å². The van der Waals surface area contributed by atoms with Crippen LogP contribution in [0, 0.1) is 0 Å². The first kappa shape index (κ1) is 10.6. The van der Waals surface area contributed by atoms with E-state index in [0.717, 1.165) is 5.06 Å². The van der Waals surface area contributed by atoms with Crippen LogP contribution in [0.3, 0.4) is 0 Å². The topological polar surface area (TPSA) is 71.1 Å². The summed E-state index contributed by atoms with van der Waals surface area (Å²) in [6, 6.07) is 0. The smallest absolute Gasteiger partial charge is 0.274 e. The first-order valence-electron chi connectivity index (χ1n) is 4.30. The summed E-state index contributed by atoms with van der Waals surface area (Å²) in [6.07, 6.45) is 0. The van der Waals surface area contributed by atoms with Gasteiger partial charge in [-0.2, -0.15) is 0 Å². The minimum atomic E-state index is -0.365. The molecule has 0 saturated heterocycles. The van der Waals surface area contributed by atoms with E-state index in [4.69, 9.17) is 4.84 Å². The van der Waals surface area contributed by atoms with E-state index in [-0.39, 0.29) is 17.6 Å². The van der Waals surface area contributed by atoms with Crippen LogP contribution in [0.4, 0.5) is 0 Å². The third-order valence-electron chi connectivity index (χ3n) is 1.80. The zero-order valence-corrected chi connectivity index (χ0v) is 8.74. The average molecular weight is 198 g/mol. The minimum absolute atomic E-state index is 0.123. The van der Waals surface area contributed by atoms with Gasteiger partial charge in [-0.15, -0.1) is 5.10 Å². The highest BCUT2D eigenvalue weighted by Crippen LogP contribution is 2.08. The van der Waals surface area contributed by atoms with Crippen LogP contribution < -0.4 is 0 Å². The van der Waals surface area contributed by atoms with Gasteiger partial charge in [-0.3, -0.25) is 14.7 Å². The molecule has 6 nitrogen and oxygen atoms in total. The monoisotopic (exact) mass is 198 g/mol. The lowest BCUT2D eigenvalue weighted by molar-refractivity contribution is -0.0764. The highest BCUT2D eigenvalue weighted by Gasteiger charge is 2.17. The molecule has 78 valence electrons. The number of hydrogen-bond acceptors (Lipinski definition) is 4. The molecular weight excluding hydrogens is 184 g/mol. The fourth-order valence-corrected chi connectivity index (χ4v) is 0.852. The third kappa shape index (κ3) is 2.08. The van der Waals surface area contributed by atoms with E-state index >= 15 is 0 Å². The summed E-state index contributed by atoms with van der Waals surface area (Å²) in [5, 5.41) is 7.58. The summed E-state index contributed by atoms with van der Waals surface area (Å²) < 4.78 is 0. The molecule has 0 bridgehead atoms. The molecule has 0 aliphatic rings. The molecule has 1 rings (SSSR count). The summed E-state index contributed by atoms with van der Waals surface area (Å²) in [7, 11) is 2.92. The summed E-state index contributed by atoms with van der Waals surface area (Å²) in [4.78, 5) is 20.2. The Kier molecular flexibility index (Phi) is 3.19. The van der Waals surface area contributed by atoms with Crippen molar-refractivity contribution in [3.8, 4) is 0 Å². The molecule has 1 heterocycles. The lowest BCUT2D eigenvalue weighted by Crippen LogP contribution is -2.26. The Balaban J connectivity index is 2.81. The van der Waals surface area contributed by atoms with E-state index in [0.29, 0.717) is 5.82 Å². The number of carbonyl (C=O) groups is 1. The van der Waals surface area contributed by atoms with Crippen LogP contribution in [0.2, 0.25) is 0 Å². The molecule has 1 amide bonds. The molecule has 0 aromatic carbocycles. The first-order chi connectivity index (χ1) is 6.56. The van der Waals surface area contributed by atoms with Crippen LogP contribution >= 0.6 is 0 Å². The second-order valence-corrected chi connectivity index (χ2v) is 3.18. The average Bonchev–Trinajstić information content (AvgIpc) is 2.64. The molecule has 0 unspecified atom stereocenters. The number of H-pyrrole nitrogens is 1. The maximum absolute atomic E-state index is 11.5. The van der Waals surface area contributed by atoms with Crippen LogP contribution in [0.1, 0.15) is 36.2 Å². The Labute approximate surface area is 82.2 Å². The molecule has 0 fully saturated rings. The molecule has 1 N–H and O–H groups in total. The van der Waals surface area contributed by atoms with Gasteiger partial charge in [-0.1, -0.05) is 13.8 Å². The number of amides is 1. The summed E-state index contributed by atoms with van der Waals surface area (Å²) in [5.74, 6) is 0.670. The van der Waals surface area contributed by atoms with Crippen molar-refractivity contribution in [3.63, 3.8) is 0 Å². The number of carbonyl (C=O) groups excluding carboxylic acids is 1. The lowest BCUT2D eigenvalue weighted by atomic mass is 10.2. The largest absolute Gasteiger partial charge is 0.316 e. The summed E-state index contributed by atoms with van der Waals surface area (Å²) in [5.41, 5.74) is 0. The van der Waals surface area contributed by atoms with Crippen molar-refractivity contribution in [3.05, 3.63) is 11.6 Å². The van der Waals surface area contributed by atoms with Crippen molar-refractivity contribution in [2.24, 2.45) is 0 Å². The van der Waals surface area contributed by atoms with Crippen LogP contribution in [0.15, 0.2) is 0 Å². The van der Waals surface area contributed by atoms with Crippen molar-refractivity contribution in [1.29, 1.82) is 0 Å².